The minimum atomic E-state index is -0.639. The summed E-state index contributed by atoms with van der Waals surface area (Å²) in [6, 6.07) is 11.3. The third-order valence-electron chi connectivity index (χ3n) is 5.00. The molecule has 1 fully saturated rings. The van der Waals surface area contributed by atoms with Crippen LogP contribution >= 0.6 is 23.2 Å². The average Bonchev–Trinajstić information content (AvgIpc) is 3.25. The molecule has 7 nitrogen and oxygen atoms in total. The molecule has 2 aromatic carbocycles. The molecular weight excluding hydrogens is 441 g/mol. The SMILES string of the molecule is COc1ccc(CNC(=O)CNC(=O)C2CCCN2C(=O)c2cc(Cl)cc(Cl)c2)cc1. The monoisotopic (exact) mass is 463 g/mol. The van der Waals surface area contributed by atoms with Crippen molar-refractivity contribution in [3.63, 3.8) is 0 Å². The summed E-state index contributed by atoms with van der Waals surface area (Å²) in [6.07, 6.45) is 1.22. The van der Waals surface area contributed by atoms with Crippen LogP contribution in [0, 0.1) is 0 Å². The molecule has 0 aromatic heterocycles. The maximum atomic E-state index is 12.8. The molecule has 1 unspecified atom stereocenters. The highest BCUT2D eigenvalue weighted by Crippen LogP contribution is 2.24. The Balaban J connectivity index is 1.51. The van der Waals surface area contributed by atoms with E-state index in [9.17, 15) is 14.4 Å². The van der Waals surface area contributed by atoms with Gasteiger partial charge in [-0.2, -0.15) is 0 Å². The van der Waals surface area contributed by atoms with Crippen LogP contribution in [0.5, 0.6) is 5.75 Å². The van der Waals surface area contributed by atoms with Crippen molar-refractivity contribution in [2.75, 3.05) is 20.2 Å². The first kappa shape index (κ1) is 22.9. The first-order chi connectivity index (χ1) is 14.9. The number of carbonyl (C=O) groups is 3. The van der Waals surface area contributed by atoms with Crippen molar-refractivity contribution in [3.05, 3.63) is 63.6 Å². The van der Waals surface area contributed by atoms with Crippen LogP contribution in [-0.4, -0.2) is 48.9 Å². The summed E-state index contributed by atoms with van der Waals surface area (Å²) in [6.45, 7) is 0.615. The zero-order valence-corrected chi connectivity index (χ0v) is 18.5. The van der Waals surface area contributed by atoms with Gasteiger partial charge in [0.05, 0.1) is 13.7 Å². The van der Waals surface area contributed by atoms with Crippen LogP contribution < -0.4 is 15.4 Å². The summed E-state index contributed by atoms with van der Waals surface area (Å²) in [5.41, 5.74) is 1.24. The van der Waals surface area contributed by atoms with E-state index >= 15 is 0 Å². The van der Waals surface area contributed by atoms with E-state index in [0.29, 0.717) is 41.5 Å². The maximum Gasteiger partial charge on any atom is 0.254 e. The van der Waals surface area contributed by atoms with Gasteiger partial charge in [-0.05, 0) is 48.7 Å². The number of ether oxygens (including phenoxy) is 1. The van der Waals surface area contributed by atoms with Crippen LogP contribution in [0.3, 0.4) is 0 Å². The molecule has 0 aliphatic carbocycles. The van der Waals surface area contributed by atoms with Gasteiger partial charge >= 0.3 is 0 Å². The standard InChI is InChI=1S/C22H23Cl2N3O4/c1-31-18-6-4-14(5-7-18)12-25-20(28)13-26-21(29)19-3-2-8-27(19)22(30)15-9-16(23)11-17(24)10-15/h4-7,9-11,19H,2-3,8,12-13H2,1H3,(H,25,28)(H,26,29). The van der Waals surface area contributed by atoms with Gasteiger partial charge in [-0.1, -0.05) is 35.3 Å². The van der Waals surface area contributed by atoms with E-state index in [2.05, 4.69) is 10.6 Å². The molecule has 3 rings (SSSR count). The van der Waals surface area contributed by atoms with E-state index in [-0.39, 0.29) is 24.3 Å². The van der Waals surface area contributed by atoms with E-state index in [0.717, 1.165) is 11.3 Å². The fourth-order valence-corrected chi connectivity index (χ4v) is 3.94. The van der Waals surface area contributed by atoms with Crippen molar-refractivity contribution in [1.29, 1.82) is 0 Å². The summed E-state index contributed by atoms with van der Waals surface area (Å²) in [5, 5.41) is 6.07. The summed E-state index contributed by atoms with van der Waals surface area (Å²) >= 11 is 12.0. The molecule has 9 heteroatoms. The van der Waals surface area contributed by atoms with Crippen molar-refractivity contribution in [2.45, 2.75) is 25.4 Å². The largest absolute Gasteiger partial charge is 0.497 e. The van der Waals surface area contributed by atoms with Crippen LogP contribution in [-0.2, 0) is 16.1 Å². The Kier molecular flexibility index (Phi) is 7.76. The molecular formula is C22H23Cl2N3O4. The summed E-state index contributed by atoms with van der Waals surface area (Å²) in [4.78, 5) is 39.1. The number of nitrogens with one attached hydrogen (secondary N) is 2. The first-order valence-corrected chi connectivity index (χ1v) is 10.6. The lowest BCUT2D eigenvalue weighted by molar-refractivity contribution is -0.128. The number of methoxy groups -OCH3 is 1. The van der Waals surface area contributed by atoms with Gasteiger partial charge < -0.3 is 20.3 Å². The number of nitrogens with zero attached hydrogens (tertiary/aromatic N) is 1. The number of likely N-dealkylation sites (tertiary alicyclic amines) is 1. The predicted octanol–water partition coefficient (Wildman–Crippen LogP) is 3.04. The van der Waals surface area contributed by atoms with Crippen molar-refractivity contribution in [2.24, 2.45) is 0 Å². The first-order valence-electron chi connectivity index (χ1n) is 9.82. The summed E-state index contributed by atoms with van der Waals surface area (Å²) in [7, 11) is 1.59. The number of hydrogen-bond donors (Lipinski definition) is 2. The van der Waals surface area contributed by atoms with Gasteiger partial charge in [-0.3, -0.25) is 14.4 Å². The molecule has 1 aliphatic rings. The van der Waals surface area contributed by atoms with Gasteiger partial charge in [0.2, 0.25) is 11.8 Å². The van der Waals surface area contributed by atoms with Gasteiger partial charge in [0, 0.05) is 28.7 Å². The Morgan fingerprint density at radius 2 is 1.74 bits per heavy atom. The Morgan fingerprint density at radius 1 is 1.06 bits per heavy atom. The fraction of sp³-hybridized carbons (Fsp3) is 0.318. The second-order valence-corrected chi connectivity index (χ2v) is 8.03. The highest BCUT2D eigenvalue weighted by molar-refractivity contribution is 6.35. The molecule has 2 N–H and O–H groups in total. The normalized spacial score (nSPS) is 15.5. The van der Waals surface area contributed by atoms with Crippen molar-refractivity contribution < 1.29 is 19.1 Å². The summed E-state index contributed by atoms with van der Waals surface area (Å²) < 4.78 is 5.10. The smallest absolute Gasteiger partial charge is 0.254 e. The van der Waals surface area contributed by atoms with Crippen molar-refractivity contribution in [3.8, 4) is 5.75 Å². The van der Waals surface area contributed by atoms with E-state index in [1.54, 1.807) is 13.2 Å². The van der Waals surface area contributed by atoms with Gasteiger partial charge in [-0.25, -0.2) is 0 Å². The average molecular weight is 464 g/mol. The molecule has 1 atom stereocenters. The van der Waals surface area contributed by atoms with Crippen LogP contribution in [0.4, 0.5) is 0 Å². The molecule has 0 spiro atoms. The molecule has 0 radical (unpaired) electrons. The van der Waals surface area contributed by atoms with Crippen molar-refractivity contribution >= 4 is 40.9 Å². The Morgan fingerprint density at radius 3 is 2.39 bits per heavy atom. The van der Waals surface area contributed by atoms with Gasteiger partial charge in [0.15, 0.2) is 0 Å². The van der Waals surface area contributed by atoms with Gasteiger partial charge in [-0.15, -0.1) is 0 Å². The number of carbonyl (C=O) groups excluding carboxylic acids is 3. The zero-order chi connectivity index (χ0) is 22.4. The van der Waals surface area contributed by atoms with Crippen LogP contribution in [0.25, 0.3) is 0 Å². The Labute approximate surface area is 190 Å². The topological polar surface area (TPSA) is 87.7 Å². The molecule has 2 aromatic rings. The molecule has 0 saturated carbocycles. The second-order valence-electron chi connectivity index (χ2n) is 7.16. The second kappa shape index (κ2) is 10.5. The lowest BCUT2D eigenvalue weighted by Crippen LogP contribution is -2.48. The predicted molar refractivity (Wildman–Crippen MR) is 118 cm³/mol. The number of rotatable bonds is 7. The Hall–Kier alpha value is -2.77. The highest BCUT2D eigenvalue weighted by Gasteiger charge is 2.34. The number of benzene rings is 2. The van der Waals surface area contributed by atoms with Crippen LogP contribution in [0.15, 0.2) is 42.5 Å². The van der Waals surface area contributed by atoms with E-state index in [4.69, 9.17) is 27.9 Å². The molecule has 3 amide bonds. The third kappa shape index (κ3) is 6.12. The Bertz CT molecular complexity index is 945. The number of amides is 3. The molecule has 1 aliphatic heterocycles. The number of halogens is 2. The highest BCUT2D eigenvalue weighted by atomic mass is 35.5. The van der Waals surface area contributed by atoms with Crippen LogP contribution in [0.1, 0.15) is 28.8 Å². The lowest BCUT2D eigenvalue weighted by atomic mass is 10.1. The molecule has 1 heterocycles. The molecule has 31 heavy (non-hydrogen) atoms. The zero-order valence-electron chi connectivity index (χ0n) is 17.0. The maximum absolute atomic E-state index is 12.8. The summed E-state index contributed by atoms with van der Waals surface area (Å²) in [5.74, 6) is -0.260. The molecule has 1 saturated heterocycles. The minimum Gasteiger partial charge on any atom is -0.497 e. The van der Waals surface area contributed by atoms with E-state index in [1.165, 1.54) is 17.0 Å². The van der Waals surface area contributed by atoms with Crippen LogP contribution in [0.2, 0.25) is 10.0 Å². The van der Waals surface area contributed by atoms with Gasteiger partial charge in [0.25, 0.3) is 5.91 Å². The van der Waals surface area contributed by atoms with E-state index < -0.39 is 6.04 Å². The minimum absolute atomic E-state index is 0.170. The third-order valence-corrected chi connectivity index (χ3v) is 5.43. The fourth-order valence-electron chi connectivity index (χ4n) is 3.42. The lowest BCUT2D eigenvalue weighted by Gasteiger charge is -2.24. The molecule has 164 valence electrons. The van der Waals surface area contributed by atoms with E-state index in [1.807, 2.05) is 24.3 Å². The van der Waals surface area contributed by atoms with Crippen molar-refractivity contribution in [1.82, 2.24) is 15.5 Å². The number of hydrogen-bond acceptors (Lipinski definition) is 4. The molecule has 0 bridgehead atoms. The quantitative estimate of drug-likeness (QED) is 0.660. The van der Waals surface area contributed by atoms with Gasteiger partial charge in [0.1, 0.15) is 11.8 Å².